The fourth-order valence-electron chi connectivity index (χ4n) is 7.51. The van der Waals surface area contributed by atoms with Gasteiger partial charge in [-0.3, -0.25) is 0 Å². The lowest BCUT2D eigenvalue weighted by molar-refractivity contribution is 0.580. The van der Waals surface area contributed by atoms with Gasteiger partial charge in [-0.05, 0) is 108 Å². The van der Waals surface area contributed by atoms with Gasteiger partial charge in [-0.2, -0.15) is 0 Å². The summed E-state index contributed by atoms with van der Waals surface area (Å²) in [5.41, 5.74) is 19.2. The molecule has 4 aromatic carbocycles. The fourth-order valence-corrected chi connectivity index (χ4v) is 7.51. The Kier molecular flexibility index (Phi) is 6.86. The first-order valence-electron chi connectivity index (χ1n) is 16.4. The van der Waals surface area contributed by atoms with Crippen molar-refractivity contribution >= 4 is 5.57 Å². The van der Waals surface area contributed by atoms with Crippen molar-refractivity contribution < 1.29 is 0 Å². The quantitative estimate of drug-likeness (QED) is 0.227. The molecule has 0 heterocycles. The Labute approximate surface area is 267 Å². The van der Waals surface area contributed by atoms with E-state index in [0.29, 0.717) is 0 Å². The van der Waals surface area contributed by atoms with Crippen molar-refractivity contribution in [3.63, 3.8) is 0 Å². The van der Waals surface area contributed by atoms with Crippen LogP contribution in [0.2, 0.25) is 0 Å². The Bertz CT molecular complexity index is 1850. The predicted molar refractivity (Wildman–Crippen MR) is 192 cm³/mol. The molecular weight excluding hydrogens is 528 g/mol. The van der Waals surface area contributed by atoms with E-state index in [1.807, 2.05) is 0 Å². The zero-order valence-corrected chi connectivity index (χ0v) is 28.9. The first kappa shape index (κ1) is 30.4. The van der Waals surface area contributed by atoms with Gasteiger partial charge in [-0.1, -0.05) is 149 Å². The molecule has 0 spiro atoms. The van der Waals surface area contributed by atoms with E-state index in [2.05, 4.69) is 162 Å². The van der Waals surface area contributed by atoms with Gasteiger partial charge in [-0.15, -0.1) is 0 Å². The van der Waals surface area contributed by atoms with E-state index in [-0.39, 0.29) is 21.7 Å². The lowest BCUT2D eigenvalue weighted by Gasteiger charge is -2.27. The van der Waals surface area contributed by atoms with Crippen LogP contribution in [-0.2, 0) is 28.1 Å². The third-order valence-electron chi connectivity index (χ3n) is 10.6. The van der Waals surface area contributed by atoms with Gasteiger partial charge in [0.05, 0.1) is 0 Å². The predicted octanol–water partition coefficient (Wildman–Crippen LogP) is 12.1. The summed E-state index contributed by atoms with van der Waals surface area (Å²) in [6.45, 7) is 30.0. The second-order valence-corrected chi connectivity index (χ2v) is 16.4. The highest BCUT2D eigenvalue weighted by Gasteiger charge is 2.39. The van der Waals surface area contributed by atoms with Gasteiger partial charge < -0.3 is 0 Å². The highest BCUT2D eigenvalue weighted by molar-refractivity contribution is 5.93. The number of rotatable bonds is 3. The number of allylic oxidation sites excluding steroid dienone is 3. The average Bonchev–Trinajstić information content (AvgIpc) is 3.29. The number of hydrogen-bond acceptors (Lipinski definition) is 0. The summed E-state index contributed by atoms with van der Waals surface area (Å²) in [6, 6.07) is 28.5. The maximum absolute atomic E-state index is 4.46. The summed E-state index contributed by atoms with van der Waals surface area (Å²) in [7, 11) is 0. The maximum Gasteiger partial charge on any atom is 0.0159 e. The SMILES string of the molecule is C=C1/C(=C\C)c2ccc(Cc3cccc(-c4cc(C(C)(C)C)cc5c4-c4ccc(C(C)(C)C)cc4C5(C)C)c3)cc2C1(C)C. The summed E-state index contributed by atoms with van der Waals surface area (Å²) < 4.78 is 0. The van der Waals surface area contributed by atoms with Gasteiger partial charge >= 0.3 is 0 Å². The van der Waals surface area contributed by atoms with E-state index in [0.717, 1.165) is 6.42 Å². The Hall–Kier alpha value is -3.64. The largest absolute Gasteiger partial charge is 0.0943 e. The van der Waals surface area contributed by atoms with Crippen molar-refractivity contribution in [1.29, 1.82) is 0 Å². The van der Waals surface area contributed by atoms with Crippen molar-refractivity contribution in [1.82, 2.24) is 0 Å². The normalized spacial score (nSPS) is 17.5. The minimum atomic E-state index is -0.0629. The van der Waals surface area contributed by atoms with E-state index in [1.54, 1.807) is 0 Å². The van der Waals surface area contributed by atoms with E-state index < -0.39 is 0 Å². The molecule has 0 bridgehead atoms. The minimum absolute atomic E-state index is 0.0456. The molecule has 44 heavy (non-hydrogen) atoms. The Balaban J connectivity index is 1.48. The lowest BCUT2D eigenvalue weighted by atomic mass is 9.76. The molecule has 6 rings (SSSR count). The zero-order chi connectivity index (χ0) is 32.0. The summed E-state index contributed by atoms with van der Waals surface area (Å²) in [6.07, 6.45) is 3.12. The Morgan fingerprint density at radius 2 is 1.23 bits per heavy atom. The maximum atomic E-state index is 4.46. The van der Waals surface area contributed by atoms with Crippen LogP contribution in [0.1, 0.15) is 121 Å². The van der Waals surface area contributed by atoms with Crippen molar-refractivity contribution in [3.05, 3.63) is 136 Å². The standard InChI is InChI=1S/C44H50/c1-13-33-27(2)43(9,10)37-23-29(17-19-34(33)37)21-28-15-14-16-30(22-28)36-24-32(42(6,7)8)26-39-40(36)35-20-18-31(41(3,4)5)25-38(35)44(39,11)12/h13-20,22-26H,2,21H2,1,3-12H3/b33-13+. The molecule has 0 radical (unpaired) electrons. The highest BCUT2D eigenvalue weighted by atomic mass is 14.4. The van der Waals surface area contributed by atoms with Crippen molar-refractivity contribution in [3.8, 4) is 22.3 Å². The monoisotopic (exact) mass is 578 g/mol. The molecule has 0 amide bonds. The van der Waals surface area contributed by atoms with Crippen LogP contribution in [0.4, 0.5) is 0 Å². The summed E-state index contributed by atoms with van der Waals surface area (Å²) in [5, 5.41) is 0. The molecule has 0 saturated carbocycles. The van der Waals surface area contributed by atoms with Gasteiger partial charge in [0.2, 0.25) is 0 Å². The van der Waals surface area contributed by atoms with E-state index in [1.165, 1.54) is 77.9 Å². The summed E-state index contributed by atoms with van der Waals surface area (Å²) in [4.78, 5) is 0. The molecule has 2 aliphatic carbocycles. The summed E-state index contributed by atoms with van der Waals surface area (Å²) in [5.74, 6) is 0. The molecule has 226 valence electrons. The van der Waals surface area contributed by atoms with Crippen LogP contribution in [0.3, 0.4) is 0 Å². The van der Waals surface area contributed by atoms with Crippen LogP contribution in [0.25, 0.3) is 27.8 Å². The Morgan fingerprint density at radius 1 is 0.614 bits per heavy atom. The topological polar surface area (TPSA) is 0 Å². The second-order valence-electron chi connectivity index (χ2n) is 16.4. The van der Waals surface area contributed by atoms with Gasteiger partial charge in [0.1, 0.15) is 0 Å². The molecular formula is C44H50. The van der Waals surface area contributed by atoms with Crippen LogP contribution in [-0.4, -0.2) is 0 Å². The molecule has 2 aliphatic rings. The van der Waals surface area contributed by atoms with Crippen molar-refractivity contribution in [2.24, 2.45) is 0 Å². The molecule has 0 aromatic heterocycles. The molecule has 0 saturated heterocycles. The first-order chi connectivity index (χ1) is 20.4. The number of benzene rings is 4. The smallest absolute Gasteiger partial charge is 0.0159 e. The molecule has 0 atom stereocenters. The number of hydrogen-bond donors (Lipinski definition) is 0. The molecule has 0 unspecified atom stereocenters. The van der Waals surface area contributed by atoms with Crippen LogP contribution in [0.15, 0.2) is 91.0 Å². The second kappa shape index (κ2) is 9.93. The van der Waals surface area contributed by atoms with Gasteiger partial charge in [0, 0.05) is 10.8 Å². The lowest BCUT2D eigenvalue weighted by Crippen LogP contribution is -2.19. The molecule has 0 aliphatic heterocycles. The van der Waals surface area contributed by atoms with Gasteiger partial charge in [0.15, 0.2) is 0 Å². The zero-order valence-electron chi connectivity index (χ0n) is 28.9. The van der Waals surface area contributed by atoms with Gasteiger partial charge in [0.25, 0.3) is 0 Å². The molecule has 4 aromatic rings. The van der Waals surface area contributed by atoms with Crippen LogP contribution in [0.5, 0.6) is 0 Å². The van der Waals surface area contributed by atoms with E-state index in [4.69, 9.17) is 0 Å². The molecule has 0 fully saturated rings. The highest BCUT2D eigenvalue weighted by Crippen LogP contribution is 2.54. The van der Waals surface area contributed by atoms with Crippen LogP contribution < -0.4 is 0 Å². The fraction of sp³-hybridized carbons (Fsp3) is 0.364. The van der Waals surface area contributed by atoms with Crippen molar-refractivity contribution in [2.75, 3.05) is 0 Å². The Morgan fingerprint density at radius 3 is 1.89 bits per heavy atom. The summed E-state index contributed by atoms with van der Waals surface area (Å²) >= 11 is 0. The third-order valence-corrected chi connectivity index (χ3v) is 10.6. The minimum Gasteiger partial charge on any atom is -0.0943 e. The van der Waals surface area contributed by atoms with Gasteiger partial charge in [-0.25, -0.2) is 0 Å². The molecule has 0 N–H and O–H groups in total. The number of fused-ring (bicyclic) bond motifs is 4. The third kappa shape index (κ3) is 4.73. The average molecular weight is 579 g/mol. The van der Waals surface area contributed by atoms with Crippen molar-refractivity contribution in [2.45, 2.75) is 104 Å². The van der Waals surface area contributed by atoms with E-state index >= 15 is 0 Å². The van der Waals surface area contributed by atoms with E-state index in [9.17, 15) is 0 Å². The molecule has 0 nitrogen and oxygen atoms in total. The van der Waals surface area contributed by atoms with Crippen LogP contribution in [0, 0.1) is 0 Å². The molecule has 0 heteroatoms. The first-order valence-corrected chi connectivity index (χ1v) is 16.4. The van der Waals surface area contributed by atoms with Crippen LogP contribution >= 0.6 is 0 Å².